The quantitative estimate of drug-likeness (QED) is 0.366. The maximum atomic E-state index is 9.29. The minimum Gasteiger partial charge on any atom is -0.390 e. The molecule has 4 atom stereocenters. The molecular weight excluding hydrogens is 176 g/mol. The van der Waals surface area contributed by atoms with Gasteiger partial charge in [0.05, 0.1) is 24.3 Å². The van der Waals surface area contributed by atoms with Gasteiger partial charge in [-0.1, -0.05) is 10.2 Å². The molecule has 0 bridgehead atoms. The summed E-state index contributed by atoms with van der Waals surface area (Å²) >= 11 is 0. The molecule has 0 aromatic carbocycles. The summed E-state index contributed by atoms with van der Waals surface area (Å²) in [4.78, 5) is 5.03. The first-order valence-corrected chi connectivity index (χ1v) is 3.65. The molecule has 8 nitrogen and oxygen atoms in total. The molecule has 1 aliphatic rings. The zero-order chi connectivity index (χ0) is 9.84. The Morgan fingerprint density at radius 2 is 1.38 bits per heavy atom. The van der Waals surface area contributed by atoms with E-state index in [1.807, 2.05) is 0 Å². The van der Waals surface area contributed by atoms with E-state index >= 15 is 0 Å². The van der Waals surface area contributed by atoms with Crippen LogP contribution < -0.4 is 0 Å². The number of rotatable bonds is 2. The first kappa shape index (κ1) is 9.63. The lowest BCUT2D eigenvalue weighted by Gasteiger charge is -2.11. The Morgan fingerprint density at radius 1 is 1.00 bits per heavy atom. The van der Waals surface area contributed by atoms with Crippen molar-refractivity contribution in [3.8, 4) is 0 Å². The highest BCUT2D eigenvalue weighted by molar-refractivity contribution is 4.99. The van der Waals surface area contributed by atoms with Gasteiger partial charge in [0.1, 0.15) is 0 Å². The fraction of sp³-hybridized carbons (Fsp3) is 1.00. The molecule has 0 aliphatic heterocycles. The molecule has 70 valence electrons. The second kappa shape index (κ2) is 3.97. The Bertz CT molecular complexity index is 253. The van der Waals surface area contributed by atoms with Crippen LogP contribution in [-0.4, -0.2) is 34.5 Å². The van der Waals surface area contributed by atoms with E-state index in [-0.39, 0.29) is 6.42 Å². The summed E-state index contributed by atoms with van der Waals surface area (Å²) in [5.74, 6) is 0. The van der Waals surface area contributed by atoms with Gasteiger partial charge < -0.3 is 10.2 Å². The van der Waals surface area contributed by atoms with Crippen LogP contribution >= 0.6 is 0 Å². The average molecular weight is 184 g/mol. The molecule has 0 aromatic rings. The zero-order valence-corrected chi connectivity index (χ0v) is 6.59. The maximum Gasteiger partial charge on any atom is 0.0887 e. The lowest BCUT2D eigenvalue weighted by atomic mass is 10.2. The van der Waals surface area contributed by atoms with E-state index in [2.05, 4.69) is 20.1 Å². The highest BCUT2D eigenvalue weighted by Crippen LogP contribution is 2.26. The SMILES string of the molecule is [N-]=[N+]=N[C@H]1C[C@H](N=[N+]=[N-])[C@@H](O)[C@@H]1O. The van der Waals surface area contributed by atoms with E-state index in [0.29, 0.717) is 0 Å². The van der Waals surface area contributed by atoms with Crippen LogP contribution in [0, 0.1) is 0 Å². The molecule has 13 heavy (non-hydrogen) atoms. The van der Waals surface area contributed by atoms with Gasteiger partial charge in [-0.2, -0.15) is 0 Å². The van der Waals surface area contributed by atoms with Crippen molar-refractivity contribution in [1.29, 1.82) is 0 Å². The molecule has 1 aliphatic carbocycles. The van der Waals surface area contributed by atoms with Crippen LogP contribution in [0.25, 0.3) is 20.9 Å². The van der Waals surface area contributed by atoms with Gasteiger partial charge in [0.2, 0.25) is 0 Å². The lowest BCUT2D eigenvalue weighted by molar-refractivity contribution is 0.0298. The third kappa shape index (κ3) is 1.82. The second-order valence-corrected chi connectivity index (χ2v) is 2.76. The van der Waals surface area contributed by atoms with Crippen LogP contribution in [0.15, 0.2) is 10.2 Å². The molecule has 0 spiro atoms. The van der Waals surface area contributed by atoms with E-state index in [4.69, 9.17) is 11.1 Å². The van der Waals surface area contributed by atoms with Gasteiger partial charge >= 0.3 is 0 Å². The minimum absolute atomic E-state index is 0.177. The molecular formula is C5H8N6O2. The van der Waals surface area contributed by atoms with Crippen molar-refractivity contribution in [2.45, 2.75) is 30.7 Å². The molecule has 0 saturated heterocycles. The van der Waals surface area contributed by atoms with Crippen molar-refractivity contribution in [2.75, 3.05) is 0 Å². The van der Waals surface area contributed by atoms with Crippen LogP contribution in [0.5, 0.6) is 0 Å². The fourth-order valence-corrected chi connectivity index (χ4v) is 1.35. The number of nitrogens with zero attached hydrogens (tertiary/aromatic N) is 6. The molecule has 0 heterocycles. The largest absolute Gasteiger partial charge is 0.390 e. The van der Waals surface area contributed by atoms with Crippen molar-refractivity contribution < 1.29 is 10.2 Å². The van der Waals surface area contributed by atoms with E-state index in [9.17, 15) is 10.2 Å². The van der Waals surface area contributed by atoms with Crippen LogP contribution in [0.3, 0.4) is 0 Å². The first-order valence-electron chi connectivity index (χ1n) is 3.65. The first-order chi connectivity index (χ1) is 6.20. The molecule has 0 radical (unpaired) electrons. The Morgan fingerprint density at radius 3 is 1.69 bits per heavy atom. The molecule has 0 aromatic heterocycles. The average Bonchev–Trinajstić information content (AvgIpc) is 2.36. The highest BCUT2D eigenvalue weighted by Gasteiger charge is 2.40. The van der Waals surface area contributed by atoms with Gasteiger partial charge in [0.25, 0.3) is 0 Å². The van der Waals surface area contributed by atoms with Crippen molar-refractivity contribution in [1.82, 2.24) is 0 Å². The predicted octanol–water partition coefficient (Wildman–Crippen LogP) is 0.470. The fourth-order valence-electron chi connectivity index (χ4n) is 1.35. The summed E-state index contributed by atoms with van der Waals surface area (Å²) in [5, 5.41) is 25.1. The smallest absolute Gasteiger partial charge is 0.0887 e. The van der Waals surface area contributed by atoms with Gasteiger partial charge in [-0.15, -0.1) is 0 Å². The summed E-state index contributed by atoms with van der Waals surface area (Å²) in [5.41, 5.74) is 16.2. The number of aliphatic hydroxyl groups excluding tert-OH is 2. The van der Waals surface area contributed by atoms with Gasteiger partial charge in [0, 0.05) is 9.82 Å². The third-order valence-corrected chi connectivity index (χ3v) is 2.02. The van der Waals surface area contributed by atoms with E-state index in [1.165, 1.54) is 0 Å². The van der Waals surface area contributed by atoms with Gasteiger partial charge in [-0.05, 0) is 17.5 Å². The third-order valence-electron chi connectivity index (χ3n) is 2.02. The summed E-state index contributed by atoms with van der Waals surface area (Å²) < 4.78 is 0. The van der Waals surface area contributed by atoms with E-state index in [1.54, 1.807) is 0 Å². The normalized spacial score (nSPS) is 37.7. The second-order valence-electron chi connectivity index (χ2n) is 2.76. The Hall–Kier alpha value is -1.46. The Kier molecular flexibility index (Phi) is 2.94. The minimum atomic E-state index is -1.15. The van der Waals surface area contributed by atoms with Crippen LogP contribution in [-0.2, 0) is 0 Å². The van der Waals surface area contributed by atoms with Gasteiger partial charge in [0.15, 0.2) is 0 Å². The molecule has 1 saturated carbocycles. The van der Waals surface area contributed by atoms with E-state index < -0.39 is 24.3 Å². The lowest BCUT2D eigenvalue weighted by Crippen LogP contribution is -2.30. The summed E-state index contributed by atoms with van der Waals surface area (Å²) in [7, 11) is 0. The standard InChI is InChI=1S/C5H8N6O2/c6-10-8-2-1-3(9-11-7)5(13)4(2)12/h2-5,12-13H,1H2/t2-,3-,4+,5+/m0/s1. The van der Waals surface area contributed by atoms with Gasteiger partial charge in [-0.3, -0.25) is 0 Å². The number of azide groups is 2. The van der Waals surface area contributed by atoms with Crippen LogP contribution in [0.1, 0.15) is 6.42 Å². The Labute approximate surface area is 73.0 Å². The Balaban J connectivity index is 2.76. The number of hydrogen-bond acceptors (Lipinski definition) is 4. The van der Waals surface area contributed by atoms with Crippen LogP contribution in [0.2, 0.25) is 0 Å². The van der Waals surface area contributed by atoms with Crippen molar-refractivity contribution in [2.24, 2.45) is 10.2 Å². The molecule has 2 N–H and O–H groups in total. The molecule has 8 heteroatoms. The zero-order valence-electron chi connectivity index (χ0n) is 6.59. The topological polar surface area (TPSA) is 138 Å². The highest BCUT2D eigenvalue weighted by atomic mass is 16.3. The van der Waals surface area contributed by atoms with Gasteiger partial charge in [-0.25, -0.2) is 0 Å². The summed E-state index contributed by atoms with van der Waals surface area (Å²) in [6.07, 6.45) is -2.12. The number of aliphatic hydroxyl groups is 2. The number of hydrogen-bond donors (Lipinski definition) is 2. The molecule has 0 unspecified atom stereocenters. The van der Waals surface area contributed by atoms with Crippen molar-refractivity contribution in [3.63, 3.8) is 0 Å². The maximum absolute atomic E-state index is 9.29. The molecule has 0 amide bonds. The monoisotopic (exact) mass is 184 g/mol. The summed E-state index contributed by atoms with van der Waals surface area (Å²) in [6.45, 7) is 0. The summed E-state index contributed by atoms with van der Waals surface area (Å²) in [6, 6.07) is -1.43. The molecule has 1 rings (SSSR count). The predicted molar refractivity (Wildman–Crippen MR) is 42.5 cm³/mol. The van der Waals surface area contributed by atoms with Crippen molar-refractivity contribution in [3.05, 3.63) is 20.9 Å². The van der Waals surface area contributed by atoms with Crippen molar-refractivity contribution >= 4 is 0 Å². The van der Waals surface area contributed by atoms with Crippen LogP contribution in [0.4, 0.5) is 0 Å². The van der Waals surface area contributed by atoms with E-state index in [0.717, 1.165) is 0 Å². The molecule has 1 fully saturated rings.